The molecule has 4 heteroatoms. The van der Waals surface area contributed by atoms with Crippen LogP contribution in [0.4, 0.5) is 13.2 Å². The first kappa shape index (κ1) is 15.4. The molecule has 0 spiro atoms. The van der Waals surface area contributed by atoms with E-state index in [4.69, 9.17) is 5.73 Å². The Kier molecular flexibility index (Phi) is 5.08. The zero-order valence-corrected chi connectivity index (χ0v) is 11.8. The monoisotopic (exact) mass is 285 g/mol. The normalized spacial score (nSPS) is 26.8. The maximum Gasteiger partial charge on any atom is 0.194 e. The summed E-state index contributed by atoms with van der Waals surface area (Å²) in [5, 5.41) is 0. The van der Waals surface area contributed by atoms with E-state index in [0.29, 0.717) is 18.0 Å². The van der Waals surface area contributed by atoms with Crippen LogP contribution >= 0.6 is 0 Å². The molecule has 1 nitrogen and oxygen atoms in total. The minimum atomic E-state index is -1.36. The van der Waals surface area contributed by atoms with Crippen LogP contribution in [-0.2, 0) is 0 Å². The highest BCUT2D eigenvalue weighted by Crippen LogP contribution is 2.42. The van der Waals surface area contributed by atoms with Gasteiger partial charge in [0.05, 0.1) is 0 Å². The molecule has 2 N–H and O–H groups in total. The predicted octanol–water partition coefficient (Wildman–Crippen LogP) is 4.36. The van der Waals surface area contributed by atoms with E-state index in [0.717, 1.165) is 38.2 Å². The quantitative estimate of drug-likeness (QED) is 0.817. The van der Waals surface area contributed by atoms with Gasteiger partial charge in [-0.1, -0.05) is 32.3 Å². The minimum absolute atomic E-state index is 0.0969. The number of benzene rings is 1. The topological polar surface area (TPSA) is 26.0 Å². The summed E-state index contributed by atoms with van der Waals surface area (Å²) in [5.41, 5.74) is 6.07. The van der Waals surface area contributed by atoms with Crippen LogP contribution in [0.15, 0.2) is 12.1 Å². The first-order valence-corrected chi connectivity index (χ1v) is 7.41. The molecule has 0 heterocycles. The molecule has 3 unspecified atom stereocenters. The Labute approximate surface area is 118 Å². The molecule has 1 aliphatic rings. The van der Waals surface area contributed by atoms with Gasteiger partial charge in [0.15, 0.2) is 17.5 Å². The fraction of sp³-hybridized carbons (Fsp3) is 0.625. The molecule has 3 atom stereocenters. The van der Waals surface area contributed by atoms with E-state index in [2.05, 4.69) is 6.92 Å². The summed E-state index contributed by atoms with van der Waals surface area (Å²) in [5.74, 6) is -2.94. The van der Waals surface area contributed by atoms with Gasteiger partial charge in [0.1, 0.15) is 0 Å². The first-order valence-electron chi connectivity index (χ1n) is 7.41. The zero-order chi connectivity index (χ0) is 14.7. The molecule has 0 radical (unpaired) electrons. The van der Waals surface area contributed by atoms with Crippen molar-refractivity contribution in [2.75, 3.05) is 6.54 Å². The Balaban J connectivity index is 2.29. The van der Waals surface area contributed by atoms with Gasteiger partial charge in [0.2, 0.25) is 0 Å². The molecular weight excluding hydrogens is 263 g/mol. The van der Waals surface area contributed by atoms with Gasteiger partial charge in [-0.2, -0.15) is 0 Å². The van der Waals surface area contributed by atoms with Crippen LogP contribution in [0.2, 0.25) is 0 Å². The molecule has 0 saturated heterocycles. The molecule has 0 amide bonds. The average molecular weight is 285 g/mol. The van der Waals surface area contributed by atoms with Crippen LogP contribution in [0.5, 0.6) is 0 Å². The SMILES string of the molecule is CCCC1CCC(CN)C(c2ccc(F)c(F)c2F)C1. The largest absolute Gasteiger partial charge is 0.330 e. The maximum atomic E-state index is 14.0. The fourth-order valence-corrected chi connectivity index (χ4v) is 3.48. The molecule has 0 bridgehead atoms. The van der Waals surface area contributed by atoms with E-state index in [9.17, 15) is 13.2 Å². The van der Waals surface area contributed by atoms with Crippen LogP contribution in [-0.4, -0.2) is 6.54 Å². The lowest BCUT2D eigenvalue weighted by Crippen LogP contribution is -2.29. The number of hydrogen-bond donors (Lipinski definition) is 1. The van der Waals surface area contributed by atoms with Gasteiger partial charge in [-0.05, 0) is 48.8 Å². The van der Waals surface area contributed by atoms with Crippen molar-refractivity contribution >= 4 is 0 Å². The first-order chi connectivity index (χ1) is 9.58. The molecule has 0 aromatic heterocycles. The van der Waals surface area contributed by atoms with Crippen molar-refractivity contribution in [2.45, 2.75) is 44.9 Å². The zero-order valence-electron chi connectivity index (χ0n) is 11.8. The van der Waals surface area contributed by atoms with E-state index in [1.165, 1.54) is 6.07 Å². The lowest BCUT2D eigenvalue weighted by molar-refractivity contribution is 0.225. The summed E-state index contributed by atoms with van der Waals surface area (Å²) < 4.78 is 40.5. The number of nitrogens with two attached hydrogens (primary N) is 1. The van der Waals surface area contributed by atoms with Crippen molar-refractivity contribution in [1.82, 2.24) is 0 Å². The Hall–Kier alpha value is -1.03. The summed E-state index contributed by atoms with van der Waals surface area (Å²) in [6.07, 6.45) is 5.03. The Morgan fingerprint density at radius 1 is 1.15 bits per heavy atom. The number of rotatable bonds is 4. The van der Waals surface area contributed by atoms with Crippen molar-refractivity contribution in [3.05, 3.63) is 35.1 Å². The Morgan fingerprint density at radius 3 is 2.55 bits per heavy atom. The molecule has 1 saturated carbocycles. The summed E-state index contributed by atoms with van der Waals surface area (Å²) in [7, 11) is 0. The van der Waals surface area contributed by atoms with Gasteiger partial charge >= 0.3 is 0 Å². The van der Waals surface area contributed by atoms with Crippen molar-refractivity contribution in [2.24, 2.45) is 17.6 Å². The summed E-state index contributed by atoms with van der Waals surface area (Å²) in [6, 6.07) is 2.40. The van der Waals surface area contributed by atoms with Crippen LogP contribution < -0.4 is 5.73 Å². The van der Waals surface area contributed by atoms with E-state index in [-0.39, 0.29) is 11.8 Å². The highest BCUT2D eigenvalue weighted by molar-refractivity contribution is 5.25. The highest BCUT2D eigenvalue weighted by Gasteiger charge is 2.33. The second kappa shape index (κ2) is 6.61. The third-order valence-corrected chi connectivity index (χ3v) is 4.57. The minimum Gasteiger partial charge on any atom is -0.330 e. The Bertz CT molecular complexity index is 461. The molecule has 112 valence electrons. The lowest BCUT2D eigenvalue weighted by Gasteiger charge is -2.36. The fourth-order valence-electron chi connectivity index (χ4n) is 3.48. The molecule has 1 aromatic rings. The third-order valence-electron chi connectivity index (χ3n) is 4.57. The summed E-state index contributed by atoms with van der Waals surface area (Å²) in [4.78, 5) is 0. The molecule has 1 fully saturated rings. The third kappa shape index (κ3) is 3.00. The number of hydrogen-bond acceptors (Lipinski definition) is 1. The Morgan fingerprint density at radius 2 is 1.90 bits per heavy atom. The highest BCUT2D eigenvalue weighted by atomic mass is 19.2. The van der Waals surface area contributed by atoms with Gasteiger partial charge in [-0.3, -0.25) is 0 Å². The molecule has 1 aromatic carbocycles. The van der Waals surface area contributed by atoms with Crippen molar-refractivity contribution < 1.29 is 13.2 Å². The average Bonchev–Trinajstić information content (AvgIpc) is 2.45. The molecule has 0 aliphatic heterocycles. The summed E-state index contributed by atoms with van der Waals surface area (Å²) in [6.45, 7) is 2.59. The van der Waals surface area contributed by atoms with Gasteiger partial charge in [-0.15, -0.1) is 0 Å². The predicted molar refractivity (Wildman–Crippen MR) is 73.9 cm³/mol. The van der Waals surface area contributed by atoms with Crippen LogP contribution in [0.25, 0.3) is 0 Å². The van der Waals surface area contributed by atoms with Gasteiger partial charge in [0.25, 0.3) is 0 Å². The standard InChI is InChI=1S/C16H22F3N/c1-2-3-10-4-5-11(9-20)13(8-10)12-6-7-14(17)16(19)15(12)18/h6-7,10-11,13H,2-5,8-9,20H2,1H3. The van der Waals surface area contributed by atoms with Crippen molar-refractivity contribution in [3.8, 4) is 0 Å². The van der Waals surface area contributed by atoms with E-state index in [1.54, 1.807) is 0 Å². The van der Waals surface area contributed by atoms with Crippen LogP contribution in [0, 0.1) is 29.3 Å². The lowest BCUT2D eigenvalue weighted by atomic mass is 9.70. The van der Waals surface area contributed by atoms with Crippen LogP contribution in [0.1, 0.15) is 50.5 Å². The van der Waals surface area contributed by atoms with Gasteiger partial charge in [0, 0.05) is 0 Å². The molecule has 20 heavy (non-hydrogen) atoms. The van der Waals surface area contributed by atoms with Gasteiger partial charge in [-0.25, -0.2) is 13.2 Å². The van der Waals surface area contributed by atoms with E-state index < -0.39 is 17.5 Å². The molecule has 2 rings (SSSR count). The molecule has 1 aliphatic carbocycles. The van der Waals surface area contributed by atoms with Crippen molar-refractivity contribution in [3.63, 3.8) is 0 Å². The van der Waals surface area contributed by atoms with E-state index >= 15 is 0 Å². The molecular formula is C16H22F3N. The van der Waals surface area contributed by atoms with E-state index in [1.807, 2.05) is 0 Å². The van der Waals surface area contributed by atoms with Gasteiger partial charge < -0.3 is 5.73 Å². The number of halogens is 3. The van der Waals surface area contributed by atoms with Crippen molar-refractivity contribution in [1.29, 1.82) is 0 Å². The second-order valence-corrected chi connectivity index (χ2v) is 5.83. The smallest absolute Gasteiger partial charge is 0.194 e. The van der Waals surface area contributed by atoms with Crippen LogP contribution in [0.3, 0.4) is 0 Å². The maximum absolute atomic E-state index is 14.0. The second-order valence-electron chi connectivity index (χ2n) is 5.83. The summed E-state index contributed by atoms with van der Waals surface area (Å²) >= 11 is 0.